The summed E-state index contributed by atoms with van der Waals surface area (Å²) in [4.78, 5) is 58.9. The molecule has 0 radical (unpaired) electrons. The summed E-state index contributed by atoms with van der Waals surface area (Å²) in [5.74, 6) is -2.72. The predicted molar refractivity (Wildman–Crippen MR) is 188 cm³/mol. The number of carboxylic acid groups (broad SMARTS) is 1. The van der Waals surface area contributed by atoms with Crippen LogP contribution in [0.3, 0.4) is 0 Å². The lowest BCUT2D eigenvalue weighted by Gasteiger charge is -2.38. The highest BCUT2D eigenvalue weighted by Crippen LogP contribution is 2.35. The Morgan fingerprint density at radius 2 is 1.48 bits per heavy atom. The number of nitrogens with one attached hydrogen (secondary N) is 2. The number of aromatic nitrogens is 2. The summed E-state index contributed by atoms with van der Waals surface area (Å²) in [5.41, 5.74) is 15.8. The Morgan fingerprint density at radius 1 is 0.917 bits per heavy atom. The normalized spacial score (nSPS) is 15.7. The first-order valence-electron chi connectivity index (χ1n) is 15.8. The van der Waals surface area contributed by atoms with Gasteiger partial charge in [-0.1, -0.05) is 44.5 Å². The Hall–Kier alpha value is -4.75. The highest BCUT2D eigenvalue weighted by molar-refractivity contribution is 6.39. The summed E-state index contributed by atoms with van der Waals surface area (Å²) in [6.07, 6.45) is 6.77. The molecule has 1 aliphatic rings. The molecular weight excluding hydrogens is 636 g/mol. The van der Waals surface area contributed by atoms with Crippen molar-refractivity contribution in [2.45, 2.75) is 58.9 Å². The minimum atomic E-state index is -1.54. The summed E-state index contributed by atoms with van der Waals surface area (Å²) in [6, 6.07) is 9.19. The number of piperidine rings is 1. The van der Waals surface area contributed by atoms with Gasteiger partial charge in [-0.2, -0.15) is 0 Å². The molecule has 0 aliphatic carbocycles. The maximum atomic E-state index is 13.2. The van der Waals surface area contributed by atoms with E-state index < -0.39 is 23.7 Å². The van der Waals surface area contributed by atoms with Gasteiger partial charge in [0.25, 0.3) is 0 Å². The Bertz CT molecular complexity index is 1630. The van der Waals surface area contributed by atoms with Gasteiger partial charge in [0.15, 0.2) is 0 Å². The van der Waals surface area contributed by atoms with Gasteiger partial charge in [0.1, 0.15) is 11.6 Å². The standard InChI is InChI=1S/C25H34ClN5O2.C9H11N3O3/c1-5-17-12-20(14-28-23(17)27)29-24(32)25(33)31-15-16(2)6-9-22(31)19-8-7-18(21(26)13-19)10-11-30(3)4;1-2-5-3-6(4-11-7(5)10)12-8(13)9(14)15/h7-8,12-14,16,22H,5-6,9-11,15H2,1-4H3,(H2,27,28)(H,29,32);3-4H,2H2,1H3,(H2,10,11)(H,12,13)(H,14,15)/t16-,22+;/m0./s1. The number of nitrogen functional groups attached to an aromatic ring is 2. The average molecular weight is 681 g/mol. The van der Waals surface area contributed by atoms with Crippen LogP contribution in [-0.2, 0) is 38.4 Å². The van der Waals surface area contributed by atoms with Crippen molar-refractivity contribution >= 4 is 58.3 Å². The molecule has 0 saturated carbocycles. The lowest BCUT2D eigenvalue weighted by atomic mass is 9.89. The van der Waals surface area contributed by atoms with Crippen molar-refractivity contribution in [3.63, 3.8) is 0 Å². The zero-order chi connectivity index (χ0) is 35.5. The second-order valence-corrected chi connectivity index (χ2v) is 12.4. The number of hydrogen-bond donors (Lipinski definition) is 5. The molecule has 3 amide bonds. The van der Waals surface area contributed by atoms with Gasteiger partial charge < -0.3 is 37.0 Å². The number of likely N-dealkylation sites (N-methyl/N-ethyl adjacent to an activating group) is 1. The van der Waals surface area contributed by atoms with Crippen molar-refractivity contribution < 1.29 is 24.3 Å². The molecule has 13 nitrogen and oxygen atoms in total. The second kappa shape index (κ2) is 17.4. The number of carbonyl (C=O) groups excluding carboxylic acids is 3. The van der Waals surface area contributed by atoms with Crippen molar-refractivity contribution in [3.05, 3.63) is 70.0 Å². The number of benzene rings is 1. The molecule has 258 valence electrons. The molecular formula is C34H45ClN8O5. The summed E-state index contributed by atoms with van der Waals surface area (Å²) in [7, 11) is 4.06. The fourth-order valence-corrected chi connectivity index (χ4v) is 5.57. The van der Waals surface area contributed by atoms with E-state index in [0.717, 1.165) is 48.1 Å². The van der Waals surface area contributed by atoms with E-state index in [1.165, 1.54) is 12.4 Å². The maximum absolute atomic E-state index is 13.2. The predicted octanol–water partition coefficient (Wildman–Crippen LogP) is 4.17. The molecule has 1 fully saturated rings. The molecule has 7 N–H and O–H groups in total. The van der Waals surface area contributed by atoms with E-state index in [9.17, 15) is 19.2 Å². The number of halogens is 1. The van der Waals surface area contributed by atoms with Crippen molar-refractivity contribution in [1.82, 2.24) is 19.8 Å². The zero-order valence-corrected chi connectivity index (χ0v) is 28.8. The number of hydrogen-bond acceptors (Lipinski definition) is 9. The van der Waals surface area contributed by atoms with E-state index in [1.54, 1.807) is 17.0 Å². The third kappa shape index (κ3) is 10.4. The molecule has 2 atom stereocenters. The van der Waals surface area contributed by atoms with Gasteiger partial charge in [0.2, 0.25) is 0 Å². The summed E-state index contributed by atoms with van der Waals surface area (Å²) >= 11 is 6.58. The molecule has 3 heterocycles. The molecule has 0 bridgehead atoms. The average Bonchev–Trinajstić information content (AvgIpc) is 3.05. The number of carbonyl (C=O) groups is 4. The van der Waals surface area contributed by atoms with Crippen molar-refractivity contribution in [2.24, 2.45) is 5.92 Å². The van der Waals surface area contributed by atoms with Gasteiger partial charge in [-0.05, 0) is 92.6 Å². The molecule has 0 spiro atoms. The molecule has 4 rings (SSSR count). The van der Waals surface area contributed by atoms with Crippen LogP contribution in [0.15, 0.2) is 42.7 Å². The number of amides is 3. The fraction of sp³-hybridized carbons (Fsp3) is 0.412. The Morgan fingerprint density at radius 3 is 1.98 bits per heavy atom. The highest BCUT2D eigenvalue weighted by Gasteiger charge is 2.34. The van der Waals surface area contributed by atoms with Gasteiger partial charge in [0.05, 0.1) is 29.8 Å². The third-order valence-electron chi connectivity index (χ3n) is 8.04. The second-order valence-electron chi connectivity index (χ2n) is 12.0. The lowest BCUT2D eigenvalue weighted by molar-refractivity contribution is -0.147. The van der Waals surface area contributed by atoms with Crippen molar-refractivity contribution in [2.75, 3.05) is 49.3 Å². The first-order chi connectivity index (χ1) is 22.7. The Labute approximate surface area is 286 Å². The van der Waals surface area contributed by atoms with Crippen LogP contribution in [0.4, 0.5) is 23.0 Å². The van der Waals surface area contributed by atoms with Crippen molar-refractivity contribution in [1.29, 1.82) is 0 Å². The van der Waals surface area contributed by atoms with E-state index in [2.05, 4.69) is 32.4 Å². The highest BCUT2D eigenvalue weighted by atomic mass is 35.5. The molecule has 1 saturated heterocycles. The van der Waals surface area contributed by atoms with Crippen LogP contribution in [0.1, 0.15) is 61.9 Å². The van der Waals surface area contributed by atoms with Gasteiger partial charge in [-0.15, -0.1) is 0 Å². The molecule has 3 aromatic rings. The van der Waals surface area contributed by atoms with E-state index >= 15 is 0 Å². The number of pyridine rings is 2. The maximum Gasteiger partial charge on any atom is 0.394 e. The van der Waals surface area contributed by atoms with Crippen LogP contribution in [-0.4, -0.2) is 75.8 Å². The third-order valence-corrected chi connectivity index (χ3v) is 8.39. The van der Waals surface area contributed by atoms with Crippen LogP contribution < -0.4 is 22.1 Å². The Kier molecular flexibility index (Phi) is 13.7. The Balaban J connectivity index is 0.000000348. The van der Waals surface area contributed by atoms with Crippen molar-refractivity contribution in [3.8, 4) is 0 Å². The van der Waals surface area contributed by atoms with Gasteiger partial charge in [-0.3, -0.25) is 14.4 Å². The van der Waals surface area contributed by atoms with E-state index in [4.69, 9.17) is 28.2 Å². The van der Waals surface area contributed by atoms with Gasteiger partial charge in [0, 0.05) is 18.1 Å². The number of aliphatic carboxylic acids is 1. The molecule has 0 unspecified atom stereocenters. The largest absolute Gasteiger partial charge is 0.474 e. The number of rotatable bonds is 8. The topological polar surface area (TPSA) is 197 Å². The summed E-state index contributed by atoms with van der Waals surface area (Å²) in [6.45, 7) is 7.38. The lowest BCUT2D eigenvalue weighted by Crippen LogP contribution is -2.46. The monoisotopic (exact) mass is 680 g/mol. The first kappa shape index (κ1) is 37.7. The van der Waals surface area contributed by atoms with Gasteiger partial charge >= 0.3 is 23.7 Å². The van der Waals surface area contributed by atoms with E-state index in [1.807, 2.05) is 46.1 Å². The number of carboxylic acids is 1. The molecule has 14 heteroatoms. The van der Waals surface area contributed by atoms with Crippen LogP contribution >= 0.6 is 11.6 Å². The number of anilines is 4. The fourth-order valence-electron chi connectivity index (χ4n) is 5.29. The molecule has 2 aromatic heterocycles. The van der Waals surface area contributed by atoms with Crippen LogP contribution in [0, 0.1) is 5.92 Å². The minimum absolute atomic E-state index is 0.185. The minimum Gasteiger partial charge on any atom is -0.474 e. The number of nitrogens with zero attached hydrogens (tertiary/aromatic N) is 4. The van der Waals surface area contributed by atoms with Crippen LogP contribution in [0.2, 0.25) is 5.02 Å². The summed E-state index contributed by atoms with van der Waals surface area (Å²) < 4.78 is 0. The van der Waals surface area contributed by atoms with Crippen LogP contribution in [0.5, 0.6) is 0 Å². The molecule has 1 aromatic carbocycles. The molecule has 1 aliphatic heterocycles. The smallest absolute Gasteiger partial charge is 0.394 e. The van der Waals surface area contributed by atoms with E-state index in [-0.39, 0.29) is 6.04 Å². The summed E-state index contributed by atoms with van der Waals surface area (Å²) in [5, 5.41) is 13.9. The number of nitrogens with two attached hydrogens (primary N) is 2. The SMILES string of the molecule is CCc1cc(NC(=O)C(=O)N2C[C@@H](C)CC[C@@H]2c2ccc(CCN(C)C)c(Cl)c2)cnc1N.CCc1cc(NC(=O)C(=O)O)cnc1N. The van der Waals surface area contributed by atoms with Crippen LogP contribution in [0.25, 0.3) is 0 Å². The number of likely N-dealkylation sites (tertiary alicyclic amines) is 1. The quantitative estimate of drug-likeness (QED) is 0.215. The number of aryl methyl sites for hydroxylation is 2. The first-order valence-corrected chi connectivity index (χ1v) is 16.2. The molecule has 48 heavy (non-hydrogen) atoms. The van der Waals surface area contributed by atoms with Gasteiger partial charge in [-0.25, -0.2) is 14.8 Å². The van der Waals surface area contributed by atoms with E-state index in [0.29, 0.717) is 53.3 Å². The zero-order valence-electron chi connectivity index (χ0n) is 28.0.